The summed E-state index contributed by atoms with van der Waals surface area (Å²) in [6.07, 6.45) is 0. The fraction of sp³-hybridized carbons (Fsp3) is 0.389. The summed E-state index contributed by atoms with van der Waals surface area (Å²) in [6, 6.07) is 13.4. The Morgan fingerprint density at radius 1 is 0.465 bits per heavy atom. The zero-order valence-electron chi connectivity index (χ0n) is 28.0. The first-order chi connectivity index (χ1) is 20.5. The van der Waals surface area contributed by atoms with Crippen LogP contribution in [-0.4, -0.2) is 50.7 Å². The maximum Gasteiger partial charge on any atom is 0.176 e. The van der Waals surface area contributed by atoms with Gasteiger partial charge in [0.1, 0.15) is 0 Å². The third-order valence-electron chi connectivity index (χ3n) is 9.34. The van der Waals surface area contributed by atoms with E-state index in [1.54, 1.807) is 42.7 Å². The molecule has 0 N–H and O–H groups in total. The molecule has 6 nitrogen and oxygen atoms in total. The van der Waals surface area contributed by atoms with Crippen LogP contribution in [0.5, 0.6) is 34.5 Å². The molecule has 0 aromatic heterocycles. The summed E-state index contributed by atoms with van der Waals surface area (Å²) in [4.78, 5) is 0. The number of methoxy groups -OCH3 is 6. The third kappa shape index (κ3) is 4.97. The van der Waals surface area contributed by atoms with E-state index in [4.69, 9.17) is 28.4 Å². The minimum absolute atomic E-state index is 0.210. The van der Waals surface area contributed by atoms with Gasteiger partial charge in [0.15, 0.2) is 42.6 Å². The van der Waals surface area contributed by atoms with E-state index in [0.717, 1.165) is 33.9 Å². The van der Waals surface area contributed by atoms with Crippen LogP contribution in [0.1, 0.15) is 44.4 Å². The number of allylic oxidation sites excluding steroid dienone is 4. The SMILES string of the molecule is COc1cc([Si](C2=C(C)C(C)=C(C)C2C)(c2cc(C)c(OC)c(OC)c2)c2cc(C)c(OC)c(OC)c2)cc(C)c1OC. The second-order valence-corrected chi connectivity index (χ2v) is 15.2. The maximum atomic E-state index is 5.97. The quantitative estimate of drug-likeness (QED) is 0.210. The molecule has 0 fully saturated rings. The molecule has 0 saturated carbocycles. The van der Waals surface area contributed by atoms with Gasteiger partial charge in [-0.15, -0.1) is 0 Å². The third-order valence-corrected chi connectivity index (χ3v) is 14.4. The molecule has 0 radical (unpaired) electrons. The van der Waals surface area contributed by atoms with Gasteiger partial charge in [0.05, 0.1) is 42.7 Å². The predicted octanol–water partition coefficient (Wildman–Crippen LogP) is 5.98. The van der Waals surface area contributed by atoms with Crippen molar-refractivity contribution in [1.29, 1.82) is 0 Å². The van der Waals surface area contributed by atoms with Crippen molar-refractivity contribution in [3.63, 3.8) is 0 Å². The average Bonchev–Trinajstić information content (AvgIpc) is 3.18. The lowest BCUT2D eigenvalue weighted by molar-refractivity contribution is 0.353. The highest BCUT2D eigenvalue weighted by Gasteiger charge is 2.49. The van der Waals surface area contributed by atoms with E-state index < -0.39 is 8.07 Å². The molecule has 1 aliphatic rings. The highest BCUT2D eigenvalue weighted by molar-refractivity contribution is 7.16. The first-order valence-corrected chi connectivity index (χ1v) is 16.5. The predicted molar refractivity (Wildman–Crippen MR) is 178 cm³/mol. The van der Waals surface area contributed by atoms with Crippen LogP contribution >= 0.6 is 0 Å². The fourth-order valence-electron chi connectivity index (χ4n) is 7.05. The molecule has 4 rings (SSSR count). The van der Waals surface area contributed by atoms with Gasteiger partial charge in [-0.2, -0.15) is 0 Å². The van der Waals surface area contributed by atoms with Crippen LogP contribution in [0, 0.1) is 26.7 Å². The summed E-state index contributed by atoms with van der Waals surface area (Å²) < 4.78 is 35.4. The Morgan fingerprint density at radius 3 is 1.02 bits per heavy atom. The molecule has 3 aromatic carbocycles. The minimum atomic E-state index is -3.11. The molecule has 1 unspecified atom stereocenters. The van der Waals surface area contributed by atoms with Gasteiger partial charge in [0, 0.05) is 0 Å². The van der Waals surface area contributed by atoms with Crippen molar-refractivity contribution in [1.82, 2.24) is 0 Å². The molecule has 0 heterocycles. The largest absolute Gasteiger partial charge is 0.493 e. The standard InChI is InChI=1S/C36H46O6Si/c1-20-14-27(17-30(37-8)33(20)40-11)43(36-25(6)23(4)24(5)26(36)7,28-15-21(2)34(41-12)31(18-28)38-9)29-16-22(3)35(42-13)32(19-29)39-10/h14-19,25H,1-13H3. The molecule has 1 aliphatic carbocycles. The van der Waals surface area contributed by atoms with Crippen LogP contribution in [0.3, 0.4) is 0 Å². The van der Waals surface area contributed by atoms with E-state index in [2.05, 4.69) is 84.9 Å². The Kier molecular flexibility index (Phi) is 9.26. The molecule has 3 aromatic rings. The zero-order chi connectivity index (χ0) is 31.8. The number of aryl methyl sites for hydroxylation is 3. The monoisotopic (exact) mass is 602 g/mol. The smallest absolute Gasteiger partial charge is 0.176 e. The van der Waals surface area contributed by atoms with Crippen LogP contribution < -0.4 is 44.0 Å². The van der Waals surface area contributed by atoms with Crippen molar-refractivity contribution < 1.29 is 28.4 Å². The first-order valence-electron chi connectivity index (χ1n) is 14.5. The van der Waals surface area contributed by atoms with Gasteiger partial charge >= 0.3 is 0 Å². The normalized spacial score (nSPS) is 15.1. The van der Waals surface area contributed by atoms with Gasteiger partial charge in [0.2, 0.25) is 0 Å². The summed E-state index contributed by atoms with van der Waals surface area (Å²) in [6.45, 7) is 15.4. The first kappa shape index (κ1) is 32.1. The summed E-state index contributed by atoms with van der Waals surface area (Å²) in [5, 5.41) is 4.98. The molecule has 0 bridgehead atoms. The number of hydrogen-bond donors (Lipinski definition) is 0. The second kappa shape index (κ2) is 12.4. The van der Waals surface area contributed by atoms with E-state index in [0.29, 0.717) is 17.2 Å². The molecule has 1 atom stereocenters. The van der Waals surface area contributed by atoms with Crippen LogP contribution in [0.25, 0.3) is 0 Å². The lowest BCUT2D eigenvalue weighted by Gasteiger charge is -2.40. The van der Waals surface area contributed by atoms with E-state index in [1.165, 1.54) is 37.5 Å². The lowest BCUT2D eigenvalue weighted by atomic mass is 10.1. The van der Waals surface area contributed by atoms with Gasteiger partial charge < -0.3 is 28.4 Å². The van der Waals surface area contributed by atoms with E-state index in [-0.39, 0.29) is 5.92 Å². The van der Waals surface area contributed by atoms with Crippen molar-refractivity contribution in [3.8, 4) is 34.5 Å². The van der Waals surface area contributed by atoms with Crippen LogP contribution in [0.15, 0.2) is 58.3 Å². The number of ether oxygens (including phenoxy) is 6. The Bertz CT molecular complexity index is 1470. The summed E-state index contributed by atoms with van der Waals surface area (Å²) in [5.74, 6) is 4.52. The van der Waals surface area contributed by atoms with E-state index in [9.17, 15) is 0 Å². The molecule has 0 saturated heterocycles. The van der Waals surface area contributed by atoms with Crippen molar-refractivity contribution in [3.05, 3.63) is 75.0 Å². The van der Waals surface area contributed by atoms with Gasteiger partial charge in [-0.25, -0.2) is 0 Å². The number of hydrogen-bond acceptors (Lipinski definition) is 6. The molecule has 43 heavy (non-hydrogen) atoms. The summed E-state index contributed by atoms with van der Waals surface area (Å²) in [7, 11) is 7.04. The van der Waals surface area contributed by atoms with Gasteiger partial charge in [0.25, 0.3) is 0 Å². The molecular formula is C36H46O6Si. The zero-order valence-corrected chi connectivity index (χ0v) is 29.0. The molecular weight excluding hydrogens is 556 g/mol. The molecule has 0 spiro atoms. The molecule has 0 aliphatic heterocycles. The highest BCUT2D eigenvalue weighted by atomic mass is 28.3. The second-order valence-electron chi connectivity index (χ2n) is 11.4. The van der Waals surface area contributed by atoms with Crippen LogP contribution in [-0.2, 0) is 0 Å². The lowest BCUT2D eigenvalue weighted by Crippen LogP contribution is -2.69. The average molecular weight is 603 g/mol. The Hall–Kier alpha value is -3.84. The topological polar surface area (TPSA) is 55.4 Å². The van der Waals surface area contributed by atoms with Gasteiger partial charge in [-0.3, -0.25) is 0 Å². The number of rotatable bonds is 10. The fourth-order valence-corrected chi connectivity index (χ4v) is 12.9. The van der Waals surface area contributed by atoms with Crippen molar-refractivity contribution >= 4 is 23.6 Å². The Labute approximate surface area is 258 Å². The van der Waals surface area contributed by atoms with E-state index in [1.807, 2.05) is 0 Å². The Balaban J connectivity index is 2.35. The van der Waals surface area contributed by atoms with Crippen molar-refractivity contribution in [2.24, 2.45) is 5.92 Å². The van der Waals surface area contributed by atoms with Crippen LogP contribution in [0.4, 0.5) is 0 Å². The number of benzene rings is 3. The molecule has 230 valence electrons. The highest BCUT2D eigenvalue weighted by Crippen LogP contribution is 2.44. The minimum Gasteiger partial charge on any atom is -0.493 e. The maximum absolute atomic E-state index is 5.97. The summed E-state index contributed by atoms with van der Waals surface area (Å²) in [5.41, 5.74) is 7.07. The van der Waals surface area contributed by atoms with Gasteiger partial charge in [-0.1, -0.05) is 41.5 Å². The molecule has 0 amide bonds. The Morgan fingerprint density at radius 2 is 0.791 bits per heavy atom. The molecule has 7 heteroatoms. The van der Waals surface area contributed by atoms with Crippen molar-refractivity contribution in [2.45, 2.75) is 48.5 Å². The van der Waals surface area contributed by atoms with Crippen LogP contribution in [0.2, 0.25) is 0 Å². The van der Waals surface area contributed by atoms with E-state index >= 15 is 0 Å². The summed E-state index contributed by atoms with van der Waals surface area (Å²) >= 11 is 0. The van der Waals surface area contributed by atoms with Crippen molar-refractivity contribution in [2.75, 3.05) is 42.7 Å². The van der Waals surface area contributed by atoms with Gasteiger partial charge in [-0.05, 0) is 103 Å².